The fourth-order valence-corrected chi connectivity index (χ4v) is 1.07. The Labute approximate surface area is 92.0 Å². The lowest BCUT2D eigenvalue weighted by Crippen LogP contribution is -3.00. The van der Waals surface area contributed by atoms with Crippen LogP contribution in [0.3, 0.4) is 0 Å². The average molecular weight is 220 g/mol. The first-order valence-corrected chi connectivity index (χ1v) is 4.26. The highest BCUT2D eigenvalue weighted by Crippen LogP contribution is 2.06. The molecule has 0 aromatic rings. The fourth-order valence-electron chi connectivity index (χ4n) is 1.07. The second-order valence-corrected chi connectivity index (χ2v) is 3.09. The quantitative estimate of drug-likeness (QED) is 0.446. The number of amides is 1. The first-order chi connectivity index (χ1) is 6.10. The molecule has 0 aliphatic heterocycles. The first kappa shape index (κ1) is 15.7. The molecule has 0 aliphatic rings. The van der Waals surface area contributed by atoms with Crippen LogP contribution in [0.4, 0.5) is 4.79 Å². The van der Waals surface area contributed by atoms with Gasteiger partial charge in [0, 0.05) is 0 Å². The predicted octanol–water partition coefficient (Wildman–Crippen LogP) is -1.03. The predicted molar refractivity (Wildman–Crippen MR) is 53.3 cm³/mol. The Hall–Kier alpha value is -0.800. The van der Waals surface area contributed by atoms with Crippen LogP contribution in [0.25, 0.3) is 0 Å². The minimum Gasteiger partial charge on any atom is -1.00 e. The van der Waals surface area contributed by atoms with Gasteiger partial charge in [-0.15, -0.1) is 0 Å². The Kier molecular flexibility index (Phi) is 8.49. The molecule has 0 N–H and O–H groups in total. The van der Waals surface area contributed by atoms with E-state index < -0.39 is 0 Å². The van der Waals surface area contributed by atoms with Gasteiger partial charge in [-0.05, 0) is 19.1 Å². The number of allylic oxidation sites excluding steroid dienone is 1. The Morgan fingerprint density at radius 2 is 2.07 bits per heavy atom. The molecule has 0 rings (SSSR count). The number of hydrogen-bond donors (Lipinski definition) is 0. The standard InChI is InChI=1S/C10H18NO2.ClH/c1-5-7-9-11(3,8-6-2)10(12)13-4;/h5-7H,2,8-9H2,1,3-4H3;1H/q+1;/p-1. The third kappa shape index (κ3) is 4.44. The van der Waals surface area contributed by atoms with Crippen molar-refractivity contribution in [1.82, 2.24) is 0 Å². The Morgan fingerprint density at radius 3 is 2.43 bits per heavy atom. The zero-order chi connectivity index (χ0) is 10.3. The monoisotopic (exact) mass is 219 g/mol. The summed E-state index contributed by atoms with van der Waals surface area (Å²) in [5.41, 5.74) is 0. The number of carbonyl (C=O) groups is 1. The topological polar surface area (TPSA) is 26.3 Å². The summed E-state index contributed by atoms with van der Waals surface area (Å²) in [6.07, 6.45) is 5.35. The number of ether oxygens (including phenoxy) is 1. The molecule has 1 atom stereocenters. The summed E-state index contributed by atoms with van der Waals surface area (Å²) in [5, 5.41) is 0. The lowest BCUT2D eigenvalue weighted by atomic mass is 10.4. The zero-order valence-electron chi connectivity index (χ0n) is 9.00. The van der Waals surface area contributed by atoms with Crippen LogP contribution in [0, 0.1) is 0 Å². The van der Waals surface area contributed by atoms with E-state index in [1.807, 2.05) is 26.1 Å². The molecule has 3 nitrogen and oxygen atoms in total. The van der Waals surface area contributed by atoms with Gasteiger partial charge in [-0.25, -0.2) is 4.48 Å². The van der Waals surface area contributed by atoms with Crippen LogP contribution in [0.2, 0.25) is 0 Å². The van der Waals surface area contributed by atoms with Crippen molar-refractivity contribution in [3.63, 3.8) is 0 Å². The second kappa shape index (κ2) is 7.59. The number of methoxy groups -OCH3 is 1. The van der Waals surface area contributed by atoms with E-state index in [1.54, 1.807) is 6.08 Å². The molecule has 14 heavy (non-hydrogen) atoms. The van der Waals surface area contributed by atoms with Crippen LogP contribution >= 0.6 is 0 Å². The molecule has 4 heteroatoms. The molecular weight excluding hydrogens is 202 g/mol. The lowest BCUT2D eigenvalue weighted by molar-refractivity contribution is -0.825. The Bertz CT molecular complexity index is 216. The van der Waals surface area contributed by atoms with Crippen molar-refractivity contribution in [1.29, 1.82) is 0 Å². The van der Waals surface area contributed by atoms with Crippen molar-refractivity contribution in [3.8, 4) is 0 Å². The van der Waals surface area contributed by atoms with Gasteiger partial charge in [-0.1, -0.05) is 12.7 Å². The van der Waals surface area contributed by atoms with Gasteiger partial charge in [0.05, 0.1) is 14.2 Å². The van der Waals surface area contributed by atoms with Crippen molar-refractivity contribution in [2.24, 2.45) is 0 Å². The molecule has 1 amide bonds. The molecule has 0 saturated carbocycles. The molecule has 0 spiro atoms. The highest BCUT2D eigenvalue weighted by Gasteiger charge is 2.30. The number of rotatable bonds is 4. The van der Waals surface area contributed by atoms with Crippen LogP contribution in [-0.4, -0.2) is 37.8 Å². The number of halogens is 1. The summed E-state index contributed by atoms with van der Waals surface area (Å²) in [7, 11) is 3.23. The smallest absolute Gasteiger partial charge is 0.516 e. The largest absolute Gasteiger partial charge is 1.00 e. The maximum Gasteiger partial charge on any atom is 0.516 e. The van der Waals surface area contributed by atoms with E-state index in [9.17, 15) is 4.79 Å². The molecule has 0 fully saturated rings. The maximum atomic E-state index is 11.4. The van der Waals surface area contributed by atoms with Gasteiger partial charge in [0.15, 0.2) is 0 Å². The molecule has 82 valence electrons. The van der Waals surface area contributed by atoms with Gasteiger partial charge in [0.25, 0.3) is 0 Å². The van der Waals surface area contributed by atoms with Crippen molar-refractivity contribution in [3.05, 3.63) is 24.8 Å². The summed E-state index contributed by atoms with van der Waals surface area (Å²) in [6, 6.07) is 0. The van der Waals surface area contributed by atoms with Gasteiger partial charge >= 0.3 is 6.09 Å². The highest BCUT2D eigenvalue weighted by atomic mass is 35.5. The second-order valence-electron chi connectivity index (χ2n) is 3.09. The highest BCUT2D eigenvalue weighted by molar-refractivity contribution is 5.59. The van der Waals surface area contributed by atoms with E-state index in [0.29, 0.717) is 13.1 Å². The third-order valence-corrected chi connectivity index (χ3v) is 1.89. The molecule has 1 unspecified atom stereocenters. The van der Waals surface area contributed by atoms with Crippen molar-refractivity contribution in [2.75, 3.05) is 27.2 Å². The zero-order valence-corrected chi connectivity index (χ0v) is 9.75. The maximum absolute atomic E-state index is 11.4. The Morgan fingerprint density at radius 1 is 1.50 bits per heavy atom. The number of nitrogens with zero attached hydrogens (tertiary/aromatic N) is 1. The van der Waals surface area contributed by atoms with Crippen LogP contribution in [0.5, 0.6) is 0 Å². The van der Waals surface area contributed by atoms with Crippen molar-refractivity contribution in [2.45, 2.75) is 6.92 Å². The van der Waals surface area contributed by atoms with Crippen LogP contribution in [0.1, 0.15) is 6.92 Å². The van der Waals surface area contributed by atoms with E-state index >= 15 is 0 Å². The number of carbonyl (C=O) groups excluding carboxylic acids is 1. The summed E-state index contributed by atoms with van der Waals surface area (Å²) < 4.78 is 4.93. The van der Waals surface area contributed by atoms with E-state index in [1.165, 1.54) is 7.11 Å². The molecule has 0 aromatic carbocycles. The fraction of sp³-hybridized carbons (Fsp3) is 0.500. The van der Waals surface area contributed by atoms with E-state index in [2.05, 4.69) is 6.58 Å². The summed E-state index contributed by atoms with van der Waals surface area (Å²) in [6.45, 7) is 6.76. The van der Waals surface area contributed by atoms with Gasteiger partial charge in [-0.3, -0.25) is 0 Å². The first-order valence-electron chi connectivity index (χ1n) is 4.26. The van der Waals surface area contributed by atoms with Crippen molar-refractivity contribution < 1.29 is 26.4 Å². The van der Waals surface area contributed by atoms with E-state index in [0.717, 1.165) is 0 Å². The van der Waals surface area contributed by atoms with E-state index in [-0.39, 0.29) is 23.0 Å². The van der Waals surface area contributed by atoms with Crippen LogP contribution in [0.15, 0.2) is 24.8 Å². The molecule has 0 heterocycles. The van der Waals surface area contributed by atoms with E-state index in [4.69, 9.17) is 4.74 Å². The van der Waals surface area contributed by atoms with Gasteiger partial charge in [-0.2, -0.15) is 4.79 Å². The van der Waals surface area contributed by atoms with Gasteiger partial charge in [0.1, 0.15) is 13.1 Å². The summed E-state index contributed by atoms with van der Waals surface area (Å²) in [4.78, 5) is 11.4. The molecule has 0 aliphatic carbocycles. The molecular formula is C10H18ClNO2. The molecule has 0 saturated heterocycles. The normalized spacial score (nSPS) is 14.2. The lowest BCUT2D eigenvalue weighted by Gasteiger charge is -2.26. The average Bonchev–Trinajstić information content (AvgIpc) is 2.14. The van der Waals surface area contributed by atoms with Crippen LogP contribution in [-0.2, 0) is 4.74 Å². The number of hydrogen-bond acceptors (Lipinski definition) is 2. The molecule has 0 radical (unpaired) electrons. The number of quaternary nitrogens is 1. The summed E-state index contributed by atoms with van der Waals surface area (Å²) >= 11 is 0. The van der Waals surface area contributed by atoms with Gasteiger partial charge < -0.3 is 17.1 Å². The SMILES string of the molecule is C=CC[N+](C)(CC=CC)C(=O)OC.[Cl-]. The third-order valence-electron chi connectivity index (χ3n) is 1.89. The van der Waals surface area contributed by atoms with Gasteiger partial charge in [0.2, 0.25) is 0 Å². The van der Waals surface area contributed by atoms with Crippen molar-refractivity contribution >= 4 is 6.09 Å². The number of likely N-dealkylation sites (N-methyl/N-ethyl adjacent to an activating group) is 1. The van der Waals surface area contributed by atoms with Crippen LogP contribution < -0.4 is 12.4 Å². The molecule has 0 aromatic heterocycles. The minimum absolute atomic E-state index is 0. The minimum atomic E-state index is -0.238. The Balaban J connectivity index is 0. The summed E-state index contributed by atoms with van der Waals surface area (Å²) in [5.74, 6) is 0. The molecule has 0 bridgehead atoms.